The van der Waals surface area contributed by atoms with Gasteiger partial charge in [-0.05, 0) is 77.2 Å². The summed E-state index contributed by atoms with van der Waals surface area (Å²) in [5.74, 6) is 0. The Balaban J connectivity index is 1.69. The second kappa shape index (κ2) is 9.57. The molecule has 2 nitrogen and oxygen atoms in total. The molecule has 0 bridgehead atoms. The molecule has 116 valence electrons. The fraction of sp³-hybridized carbons (Fsp3) is 0.889. The summed E-state index contributed by atoms with van der Waals surface area (Å²) in [5, 5.41) is 3.76. The van der Waals surface area contributed by atoms with Crippen LogP contribution < -0.4 is 5.32 Å². The Morgan fingerprint density at radius 3 is 3.00 bits per heavy atom. The lowest BCUT2D eigenvalue weighted by Crippen LogP contribution is -2.30. The average Bonchev–Trinajstić information content (AvgIpc) is 2.99. The zero-order valence-electron chi connectivity index (χ0n) is 13.3. The van der Waals surface area contributed by atoms with Crippen LogP contribution in [0.3, 0.4) is 0 Å². The van der Waals surface area contributed by atoms with Gasteiger partial charge < -0.3 is 10.1 Å². The summed E-state index contributed by atoms with van der Waals surface area (Å²) in [5.41, 5.74) is 1.71. The third-order valence-electron chi connectivity index (χ3n) is 4.68. The Labute approximate surface area is 125 Å². The highest BCUT2D eigenvalue weighted by atomic mass is 16.5. The topological polar surface area (TPSA) is 21.3 Å². The molecule has 0 amide bonds. The van der Waals surface area contributed by atoms with Crippen molar-refractivity contribution in [2.75, 3.05) is 13.2 Å². The molecule has 1 aliphatic carbocycles. The van der Waals surface area contributed by atoms with Gasteiger partial charge in [-0.25, -0.2) is 0 Å². The highest BCUT2D eigenvalue weighted by Crippen LogP contribution is 2.24. The number of hydrogen-bond donors (Lipinski definition) is 1. The van der Waals surface area contributed by atoms with Crippen molar-refractivity contribution >= 4 is 0 Å². The first-order valence-electron chi connectivity index (χ1n) is 8.91. The number of nitrogens with one attached hydrogen (secondary N) is 1. The van der Waals surface area contributed by atoms with E-state index in [-0.39, 0.29) is 0 Å². The fourth-order valence-corrected chi connectivity index (χ4v) is 3.50. The third kappa shape index (κ3) is 5.97. The van der Waals surface area contributed by atoms with Crippen LogP contribution in [-0.4, -0.2) is 25.3 Å². The van der Waals surface area contributed by atoms with E-state index < -0.39 is 0 Å². The fourth-order valence-electron chi connectivity index (χ4n) is 3.50. The summed E-state index contributed by atoms with van der Waals surface area (Å²) in [6.07, 6.45) is 17.5. The van der Waals surface area contributed by atoms with E-state index in [1.807, 2.05) is 0 Å². The van der Waals surface area contributed by atoms with Gasteiger partial charge in [0.05, 0.1) is 6.10 Å². The van der Waals surface area contributed by atoms with E-state index in [1.165, 1.54) is 70.6 Å². The average molecular weight is 279 g/mol. The van der Waals surface area contributed by atoms with Crippen molar-refractivity contribution in [3.63, 3.8) is 0 Å². The summed E-state index contributed by atoms with van der Waals surface area (Å²) in [7, 11) is 0. The van der Waals surface area contributed by atoms with Crippen LogP contribution in [0.2, 0.25) is 0 Å². The van der Waals surface area contributed by atoms with Crippen LogP contribution in [0.15, 0.2) is 11.6 Å². The molecule has 2 rings (SSSR count). The highest BCUT2D eigenvalue weighted by Gasteiger charge is 2.17. The monoisotopic (exact) mass is 279 g/mol. The summed E-state index contributed by atoms with van der Waals surface area (Å²) >= 11 is 0. The molecule has 0 aromatic carbocycles. The second-order valence-electron chi connectivity index (χ2n) is 6.53. The van der Waals surface area contributed by atoms with Gasteiger partial charge in [-0.3, -0.25) is 0 Å². The standard InChI is InChI=1S/C18H33NO/c1-2-13-19-17(15-16-8-4-3-5-9-16)10-6-11-18-12-7-14-20-18/h8,17-19H,2-7,9-15H2,1H3. The Morgan fingerprint density at radius 2 is 2.30 bits per heavy atom. The first-order valence-corrected chi connectivity index (χ1v) is 8.91. The molecule has 2 atom stereocenters. The predicted molar refractivity (Wildman–Crippen MR) is 86.1 cm³/mol. The minimum Gasteiger partial charge on any atom is -0.378 e. The van der Waals surface area contributed by atoms with Crippen LogP contribution in [0.25, 0.3) is 0 Å². The van der Waals surface area contributed by atoms with Crippen LogP contribution >= 0.6 is 0 Å². The Kier molecular flexibility index (Phi) is 7.67. The van der Waals surface area contributed by atoms with Crippen molar-refractivity contribution in [3.8, 4) is 0 Å². The van der Waals surface area contributed by atoms with Gasteiger partial charge in [-0.2, -0.15) is 0 Å². The van der Waals surface area contributed by atoms with Crippen LogP contribution in [0.4, 0.5) is 0 Å². The summed E-state index contributed by atoms with van der Waals surface area (Å²) < 4.78 is 5.73. The molecule has 20 heavy (non-hydrogen) atoms. The summed E-state index contributed by atoms with van der Waals surface area (Å²) in [6.45, 7) is 4.42. The van der Waals surface area contributed by atoms with Crippen molar-refractivity contribution in [2.24, 2.45) is 0 Å². The van der Waals surface area contributed by atoms with E-state index in [1.54, 1.807) is 5.57 Å². The molecule has 1 aliphatic heterocycles. The van der Waals surface area contributed by atoms with E-state index in [2.05, 4.69) is 18.3 Å². The minimum absolute atomic E-state index is 0.565. The molecule has 1 N–H and O–H groups in total. The molecule has 2 aliphatic rings. The lowest BCUT2D eigenvalue weighted by Gasteiger charge is -2.22. The van der Waals surface area contributed by atoms with Gasteiger partial charge in [0.15, 0.2) is 0 Å². The van der Waals surface area contributed by atoms with Crippen LogP contribution in [0.1, 0.15) is 77.6 Å². The van der Waals surface area contributed by atoms with Gasteiger partial charge in [0.2, 0.25) is 0 Å². The van der Waals surface area contributed by atoms with E-state index in [0.29, 0.717) is 12.1 Å². The third-order valence-corrected chi connectivity index (χ3v) is 4.68. The Bertz CT molecular complexity index is 281. The lowest BCUT2D eigenvalue weighted by molar-refractivity contribution is 0.101. The lowest BCUT2D eigenvalue weighted by atomic mass is 9.92. The molecule has 1 saturated heterocycles. The van der Waals surface area contributed by atoms with Gasteiger partial charge >= 0.3 is 0 Å². The molecule has 2 heteroatoms. The maximum Gasteiger partial charge on any atom is 0.0576 e. The molecule has 0 saturated carbocycles. The number of rotatable bonds is 9. The number of hydrogen-bond acceptors (Lipinski definition) is 2. The molecule has 0 aromatic heterocycles. The second-order valence-corrected chi connectivity index (χ2v) is 6.53. The maximum atomic E-state index is 5.73. The van der Waals surface area contributed by atoms with Gasteiger partial charge in [-0.15, -0.1) is 0 Å². The number of ether oxygens (including phenoxy) is 1. The van der Waals surface area contributed by atoms with E-state index in [4.69, 9.17) is 4.74 Å². The first kappa shape index (κ1) is 16.0. The maximum absolute atomic E-state index is 5.73. The van der Waals surface area contributed by atoms with E-state index in [0.717, 1.165) is 13.2 Å². The van der Waals surface area contributed by atoms with Crippen molar-refractivity contribution < 1.29 is 4.74 Å². The molecule has 0 radical (unpaired) electrons. The van der Waals surface area contributed by atoms with Crippen molar-refractivity contribution in [2.45, 2.75) is 89.7 Å². The van der Waals surface area contributed by atoms with E-state index >= 15 is 0 Å². The summed E-state index contributed by atoms with van der Waals surface area (Å²) in [4.78, 5) is 0. The van der Waals surface area contributed by atoms with Gasteiger partial charge in [0, 0.05) is 12.6 Å². The number of allylic oxidation sites excluding steroid dienone is 1. The van der Waals surface area contributed by atoms with Crippen molar-refractivity contribution in [3.05, 3.63) is 11.6 Å². The predicted octanol–water partition coefficient (Wildman–Crippen LogP) is 4.59. The largest absolute Gasteiger partial charge is 0.378 e. The molecule has 1 heterocycles. The minimum atomic E-state index is 0.565. The zero-order valence-corrected chi connectivity index (χ0v) is 13.3. The summed E-state index contributed by atoms with van der Waals surface area (Å²) in [6, 6.07) is 0.695. The molecule has 0 aromatic rings. The first-order chi connectivity index (χ1) is 9.88. The van der Waals surface area contributed by atoms with Gasteiger partial charge in [-0.1, -0.05) is 18.6 Å². The Morgan fingerprint density at radius 1 is 1.35 bits per heavy atom. The van der Waals surface area contributed by atoms with Crippen LogP contribution in [-0.2, 0) is 4.74 Å². The van der Waals surface area contributed by atoms with Crippen molar-refractivity contribution in [1.29, 1.82) is 0 Å². The highest BCUT2D eigenvalue weighted by molar-refractivity contribution is 5.07. The Hall–Kier alpha value is -0.340. The molecule has 2 unspecified atom stereocenters. The smallest absolute Gasteiger partial charge is 0.0576 e. The molecule has 0 spiro atoms. The van der Waals surface area contributed by atoms with Crippen LogP contribution in [0.5, 0.6) is 0 Å². The van der Waals surface area contributed by atoms with Crippen LogP contribution in [0, 0.1) is 0 Å². The quantitative estimate of drug-likeness (QED) is 0.623. The van der Waals surface area contributed by atoms with Gasteiger partial charge in [0.1, 0.15) is 0 Å². The molecule has 1 fully saturated rings. The molecular formula is C18H33NO. The zero-order chi connectivity index (χ0) is 14.0. The molecular weight excluding hydrogens is 246 g/mol. The SMILES string of the molecule is CCCNC(CCCC1CCCO1)CC1=CCCCC1. The van der Waals surface area contributed by atoms with E-state index in [9.17, 15) is 0 Å². The van der Waals surface area contributed by atoms with Gasteiger partial charge in [0.25, 0.3) is 0 Å². The van der Waals surface area contributed by atoms with Crippen molar-refractivity contribution in [1.82, 2.24) is 5.32 Å². The normalized spacial score (nSPS) is 24.6.